The number of rotatable bonds is 18. The van der Waals surface area contributed by atoms with Crippen LogP contribution in [-0.2, 0) is 27.8 Å². The minimum atomic E-state index is -4.00. The van der Waals surface area contributed by atoms with E-state index < -0.39 is 28.2 Å². The Morgan fingerprint density at radius 3 is 2.49 bits per heavy atom. The van der Waals surface area contributed by atoms with Crippen molar-refractivity contribution in [3.63, 3.8) is 0 Å². The zero-order valence-electron chi connectivity index (χ0n) is 31.8. The van der Waals surface area contributed by atoms with Gasteiger partial charge in [0.1, 0.15) is 16.8 Å². The van der Waals surface area contributed by atoms with Gasteiger partial charge in [-0.2, -0.15) is 4.31 Å². The number of sulfonamides is 1. The number of carbonyl (C=O) groups excluding carboxylic acids is 2. The van der Waals surface area contributed by atoms with Crippen LogP contribution in [0.2, 0.25) is 0 Å². The zero-order chi connectivity index (χ0) is 39.0. The molecule has 0 spiro atoms. The SMILES string of the molecule is CCC(C)C(C(=O)N[C@@H](Cc1ccccc1)[C@H](O)CN(CC1CCCC1)S(=O)(=O)c1ccc(OC)cc1)N1CCN(Cc2csc(-c3cccnc3)n2)C1=O. The van der Waals surface area contributed by atoms with Crippen LogP contribution in [-0.4, -0.2) is 101 Å². The van der Waals surface area contributed by atoms with Gasteiger partial charge >= 0.3 is 6.03 Å². The highest BCUT2D eigenvalue weighted by Crippen LogP contribution is 2.30. The fourth-order valence-corrected chi connectivity index (χ4v) is 9.87. The number of methoxy groups -OCH3 is 1. The first-order chi connectivity index (χ1) is 26.6. The second kappa shape index (κ2) is 18.5. The average Bonchev–Trinajstić information content (AvgIpc) is 3.98. The molecule has 3 heterocycles. The van der Waals surface area contributed by atoms with E-state index in [-0.39, 0.29) is 48.2 Å². The number of carbonyl (C=O) groups is 2. The molecular weight excluding hydrogens is 737 g/mol. The molecule has 1 aliphatic carbocycles. The third kappa shape index (κ3) is 9.90. The van der Waals surface area contributed by atoms with Crippen molar-refractivity contribution in [3.05, 3.63) is 95.8 Å². The largest absolute Gasteiger partial charge is 0.497 e. The van der Waals surface area contributed by atoms with Crippen LogP contribution in [0, 0.1) is 11.8 Å². The lowest BCUT2D eigenvalue weighted by atomic mass is 9.95. The molecule has 55 heavy (non-hydrogen) atoms. The van der Waals surface area contributed by atoms with Gasteiger partial charge in [0.25, 0.3) is 0 Å². The molecule has 4 aromatic rings. The molecule has 6 rings (SSSR count). The lowest BCUT2D eigenvalue weighted by molar-refractivity contribution is -0.128. The molecule has 2 fully saturated rings. The topological polar surface area (TPSA) is 145 Å². The highest BCUT2D eigenvalue weighted by atomic mass is 32.2. The van der Waals surface area contributed by atoms with Crippen molar-refractivity contribution in [2.24, 2.45) is 11.8 Å². The molecule has 1 saturated heterocycles. The Kier molecular flexibility index (Phi) is 13.6. The Morgan fingerprint density at radius 1 is 1.07 bits per heavy atom. The minimum absolute atomic E-state index is 0.113. The van der Waals surface area contributed by atoms with Crippen LogP contribution >= 0.6 is 11.3 Å². The van der Waals surface area contributed by atoms with Crippen molar-refractivity contribution in [1.82, 2.24) is 29.4 Å². The van der Waals surface area contributed by atoms with Gasteiger partial charge < -0.3 is 25.0 Å². The highest BCUT2D eigenvalue weighted by Gasteiger charge is 2.41. The summed E-state index contributed by atoms with van der Waals surface area (Å²) in [4.78, 5) is 40.8. The Bertz CT molecular complexity index is 1960. The van der Waals surface area contributed by atoms with Gasteiger partial charge in [0.2, 0.25) is 15.9 Å². The van der Waals surface area contributed by atoms with Gasteiger partial charge in [0.15, 0.2) is 0 Å². The third-order valence-electron chi connectivity index (χ3n) is 10.8. The van der Waals surface area contributed by atoms with Crippen molar-refractivity contribution in [3.8, 4) is 16.3 Å². The number of urea groups is 1. The van der Waals surface area contributed by atoms with Gasteiger partial charge in [-0.1, -0.05) is 63.4 Å². The predicted molar refractivity (Wildman–Crippen MR) is 213 cm³/mol. The highest BCUT2D eigenvalue weighted by molar-refractivity contribution is 7.89. The minimum Gasteiger partial charge on any atom is -0.497 e. The maximum Gasteiger partial charge on any atom is 0.321 e. The number of aliphatic hydroxyl groups excluding tert-OH is 1. The molecule has 0 radical (unpaired) electrons. The average molecular weight is 789 g/mol. The van der Waals surface area contributed by atoms with Crippen LogP contribution in [0.5, 0.6) is 5.75 Å². The lowest BCUT2D eigenvalue weighted by Crippen LogP contribution is -2.57. The van der Waals surface area contributed by atoms with Crippen molar-refractivity contribution >= 4 is 33.3 Å². The maximum absolute atomic E-state index is 14.5. The molecule has 2 N–H and O–H groups in total. The molecule has 14 heteroatoms. The van der Waals surface area contributed by atoms with Gasteiger partial charge in [-0.3, -0.25) is 9.78 Å². The number of aliphatic hydroxyl groups is 1. The number of thiazole rings is 1. The van der Waals surface area contributed by atoms with E-state index in [1.807, 2.05) is 61.7 Å². The Balaban J connectivity index is 1.21. The molecule has 3 amide bonds. The number of hydrogen-bond donors (Lipinski definition) is 2. The zero-order valence-corrected chi connectivity index (χ0v) is 33.4. The van der Waals surface area contributed by atoms with Crippen molar-refractivity contribution in [2.75, 3.05) is 33.3 Å². The summed E-state index contributed by atoms with van der Waals surface area (Å²) in [5, 5.41) is 17.9. The number of aromatic nitrogens is 2. The van der Waals surface area contributed by atoms with E-state index in [1.165, 1.54) is 34.9 Å². The first-order valence-electron chi connectivity index (χ1n) is 19.1. The molecule has 294 valence electrons. The Morgan fingerprint density at radius 2 is 1.82 bits per heavy atom. The van der Waals surface area contributed by atoms with Crippen molar-refractivity contribution in [2.45, 2.75) is 82.0 Å². The number of nitrogens with zero attached hydrogens (tertiary/aromatic N) is 5. The molecule has 1 saturated carbocycles. The summed E-state index contributed by atoms with van der Waals surface area (Å²) in [6, 6.07) is 17.7. The van der Waals surface area contributed by atoms with E-state index in [0.29, 0.717) is 31.8 Å². The van der Waals surface area contributed by atoms with E-state index in [4.69, 9.17) is 9.72 Å². The van der Waals surface area contributed by atoms with E-state index in [2.05, 4.69) is 10.3 Å². The first kappa shape index (κ1) is 40.3. The number of benzene rings is 2. The van der Waals surface area contributed by atoms with Crippen LogP contribution in [0.1, 0.15) is 57.2 Å². The smallest absolute Gasteiger partial charge is 0.321 e. The molecule has 2 unspecified atom stereocenters. The van der Waals surface area contributed by atoms with Crippen LogP contribution < -0.4 is 10.1 Å². The van der Waals surface area contributed by atoms with Crippen LogP contribution in [0.4, 0.5) is 4.79 Å². The second-order valence-corrected chi connectivity index (χ2v) is 17.4. The van der Waals surface area contributed by atoms with E-state index >= 15 is 0 Å². The van der Waals surface area contributed by atoms with E-state index in [9.17, 15) is 23.1 Å². The number of ether oxygens (including phenoxy) is 1. The van der Waals surface area contributed by atoms with Gasteiger partial charge in [-0.15, -0.1) is 11.3 Å². The molecule has 12 nitrogen and oxygen atoms in total. The molecule has 4 atom stereocenters. The lowest BCUT2D eigenvalue weighted by Gasteiger charge is -2.35. The van der Waals surface area contributed by atoms with Crippen molar-refractivity contribution < 1.29 is 27.9 Å². The molecule has 1 aliphatic heterocycles. The van der Waals surface area contributed by atoms with Crippen LogP contribution in [0.15, 0.2) is 89.4 Å². The standard InChI is InChI=1S/C41H52N6O6S2/c1-4-29(2)38(47-22-21-45(41(47)50)26-33-28-54-40(43-33)32-15-10-20-42-24-32)39(49)44-36(23-30-11-6-5-7-12-30)37(48)27-46(25-31-13-8-9-14-31)55(51,52)35-18-16-34(53-3)17-19-35/h5-7,10-12,15-20,24,28-29,31,36-38,48H,4,8-9,13-14,21-23,25-27H2,1-3H3,(H,44,49)/t29?,36-,37+,38?/m0/s1. The Labute approximate surface area is 328 Å². The number of pyridine rings is 1. The van der Waals surface area contributed by atoms with Gasteiger partial charge in [0, 0.05) is 49.5 Å². The third-order valence-corrected chi connectivity index (χ3v) is 13.6. The van der Waals surface area contributed by atoms with Gasteiger partial charge in [0.05, 0.1) is 36.4 Å². The molecular formula is C41H52N6O6S2. The monoisotopic (exact) mass is 788 g/mol. The normalized spacial score (nSPS) is 17.4. The number of amides is 3. The number of hydrogen-bond acceptors (Lipinski definition) is 9. The molecule has 2 aliphatic rings. The predicted octanol–water partition coefficient (Wildman–Crippen LogP) is 5.84. The fraction of sp³-hybridized carbons (Fsp3) is 0.463. The summed E-state index contributed by atoms with van der Waals surface area (Å²) < 4.78 is 35.0. The summed E-state index contributed by atoms with van der Waals surface area (Å²) in [6.45, 7) is 5.12. The second-order valence-electron chi connectivity index (χ2n) is 14.6. The van der Waals surface area contributed by atoms with E-state index in [0.717, 1.165) is 47.5 Å². The van der Waals surface area contributed by atoms with Gasteiger partial charge in [-0.05, 0) is 73.1 Å². The molecule has 2 aromatic heterocycles. The van der Waals surface area contributed by atoms with E-state index in [1.54, 1.807) is 34.3 Å². The summed E-state index contributed by atoms with van der Waals surface area (Å²) >= 11 is 1.50. The quantitative estimate of drug-likeness (QED) is 0.128. The summed E-state index contributed by atoms with van der Waals surface area (Å²) in [6.07, 6.45) is 7.04. The van der Waals surface area contributed by atoms with Crippen molar-refractivity contribution in [1.29, 1.82) is 0 Å². The van der Waals surface area contributed by atoms with Crippen LogP contribution in [0.25, 0.3) is 10.6 Å². The van der Waals surface area contributed by atoms with Crippen LogP contribution in [0.3, 0.4) is 0 Å². The maximum atomic E-state index is 14.5. The van der Waals surface area contributed by atoms with Gasteiger partial charge in [-0.25, -0.2) is 18.2 Å². The number of nitrogens with one attached hydrogen (secondary N) is 1. The summed E-state index contributed by atoms with van der Waals surface area (Å²) in [5.41, 5.74) is 2.56. The Hall–Kier alpha value is -4.37. The summed E-state index contributed by atoms with van der Waals surface area (Å²) in [5.74, 6) is 0.148. The molecule has 0 bridgehead atoms. The molecule has 2 aromatic carbocycles. The first-order valence-corrected chi connectivity index (χ1v) is 21.5. The summed E-state index contributed by atoms with van der Waals surface area (Å²) in [7, 11) is -2.48. The fourth-order valence-electron chi connectivity index (χ4n) is 7.54.